The van der Waals surface area contributed by atoms with Crippen LogP contribution in [-0.4, -0.2) is 109 Å². The fraction of sp³-hybridized carbons (Fsp3) is 0.815. The Kier molecular flexibility index (Phi) is 14.9. The summed E-state index contributed by atoms with van der Waals surface area (Å²) in [5, 5.41) is 0. The number of carbonyl (C=O) groups excluding carboxylic acids is 3. The molecule has 0 amide bonds. The molecule has 9 nitrogen and oxygen atoms in total. The summed E-state index contributed by atoms with van der Waals surface area (Å²) in [5.41, 5.74) is 0. The lowest BCUT2D eigenvalue weighted by molar-refractivity contribution is -0.461. The van der Waals surface area contributed by atoms with Crippen molar-refractivity contribution in [3.05, 3.63) is 12.3 Å². The molecule has 0 aromatic rings. The highest BCUT2D eigenvalue weighted by molar-refractivity contribution is 5.68. The Balaban J connectivity index is 2.90. The van der Waals surface area contributed by atoms with Crippen LogP contribution in [0.2, 0.25) is 0 Å². The third-order valence-corrected chi connectivity index (χ3v) is 6.94. The van der Waals surface area contributed by atoms with Gasteiger partial charge in [0.15, 0.2) is 12.2 Å². The number of esters is 3. The van der Waals surface area contributed by atoms with Crippen LogP contribution in [0, 0.1) is 0 Å². The van der Waals surface area contributed by atoms with Gasteiger partial charge in [0.25, 0.3) is 0 Å². The first-order chi connectivity index (χ1) is 23.7. The molecule has 5 atom stereocenters. The summed E-state index contributed by atoms with van der Waals surface area (Å²) in [5.74, 6) is -59.4. The number of rotatable bonds is 18. The predicted molar refractivity (Wildman–Crippen MR) is 137 cm³/mol. The van der Waals surface area contributed by atoms with E-state index < -0.39 is 122 Å². The van der Waals surface area contributed by atoms with Gasteiger partial charge in [-0.3, -0.25) is 14.4 Å². The van der Waals surface area contributed by atoms with E-state index in [0.29, 0.717) is 0 Å². The lowest BCUT2D eigenvalue weighted by Gasteiger charge is -2.42. The number of alkyl halides is 17. The smallest absolute Gasteiger partial charge is 0.460 e. The van der Waals surface area contributed by atoms with Crippen molar-refractivity contribution in [3.8, 4) is 0 Å². The SMILES string of the molecule is CC(=O)O[C@@H]1[C@@H](OC(C)=O)[C@H](C)O[C@@H](OC=CCCOCCCC(F)(F)C(F)(F)C(F)(F)C(F)(F)C(F)(F)C(F)(F)C(F)(F)C(F)(F)F)[C@@H]1OC(C)=O. The summed E-state index contributed by atoms with van der Waals surface area (Å²) < 4.78 is 258. The minimum Gasteiger partial charge on any atom is -0.469 e. The van der Waals surface area contributed by atoms with Gasteiger partial charge in [-0.25, -0.2) is 0 Å². The van der Waals surface area contributed by atoms with E-state index in [4.69, 9.17) is 28.4 Å². The Hall–Kier alpha value is -3.32. The zero-order valence-electron chi connectivity index (χ0n) is 27.2. The van der Waals surface area contributed by atoms with Gasteiger partial charge in [0.05, 0.1) is 19.0 Å². The molecule has 1 aliphatic rings. The number of ether oxygens (including phenoxy) is 6. The van der Waals surface area contributed by atoms with Crippen LogP contribution in [0.5, 0.6) is 0 Å². The van der Waals surface area contributed by atoms with E-state index in [2.05, 4.69) is 0 Å². The topological polar surface area (TPSA) is 107 Å². The molecule has 0 aromatic heterocycles. The van der Waals surface area contributed by atoms with Crippen molar-refractivity contribution in [2.45, 2.75) is 125 Å². The molecule has 0 aromatic carbocycles. The molecule has 1 rings (SSSR count). The lowest BCUT2D eigenvalue weighted by atomic mass is 9.88. The van der Waals surface area contributed by atoms with Crippen LogP contribution in [0.25, 0.3) is 0 Å². The monoisotopic (exact) mass is 820 g/mol. The van der Waals surface area contributed by atoms with Crippen LogP contribution in [0.3, 0.4) is 0 Å². The van der Waals surface area contributed by atoms with Crippen LogP contribution in [0.4, 0.5) is 74.6 Å². The molecule has 26 heteroatoms. The van der Waals surface area contributed by atoms with Crippen molar-refractivity contribution in [3.63, 3.8) is 0 Å². The molecule has 1 saturated heterocycles. The van der Waals surface area contributed by atoms with Crippen LogP contribution in [-0.2, 0) is 42.8 Å². The maximum atomic E-state index is 14.0. The Morgan fingerprint density at radius 3 is 1.45 bits per heavy atom. The molecule has 0 saturated carbocycles. The zero-order valence-corrected chi connectivity index (χ0v) is 27.2. The third-order valence-electron chi connectivity index (χ3n) is 6.94. The minimum absolute atomic E-state index is 0.257. The zero-order chi connectivity index (χ0) is 41.8. The first-order valence-electron chi connectivity index (χ1n) is 14.4. The van der Waals surface area contributed by atoms with Gasteiger partial charge in [0.1, 0.15) is 0 Å². The van der Waals surface area contributed by atoms with Gasteiger partial charge < -0.3 is 28.4 Å². The normalized spacial score (nSPS) is 22.8. The maximum Gasteiger partial charge on any atom is 0.460 e. The highest BCUT2D eigenvalue weighted by Gasteiger charge is 2.95. The molecule has 1 heterocycles. The molecule has 0 bridgehead atoms. The highest BCUT2D eigenvalue weighted by atomic mass is 19.4. The number of halogens is 17. The molecule has 0 unspecified atom stereocenters. The molecule has 0 aliphatic carbocycles. The van der Waals surface area contributed by atoms with Crippen LogP contribution < -0.4 is 0 Å². The number of carbonyl (C=O) groups is 3. The number of hydrogen-bond donors (Lipinski definition) is 0. The summed E-state index contributed by atoms with van der Waals surface area (Å²) in [6.07, 6.45) is -17.0. The standard InChI is InChI=1S/C27H29F17O9/c1-12-16(51-13(2)45)17(52-14(3)46)18(53-15(4)47)19(50-12)49-11-6-5-9-48-10-7-8-20(28,29)21(30,31)22(32,33)23(34,35)24(36,37)25(38,39)26(40,41)27(42,43)44/h6,11-12,16-19H,5,7-10H2,1-4H3/t12-,16-,17+,18+,19+/m0/s1. The lowest BCUT2D eigenvalue weighted by Crippen LogP contribution is -2.74. The Labute approximate surface area is 287 Å². The quantitative estimate of drug-likeness (QED) is 0.0465. The minimum atomic E-state index is -8.69. The first kappa shape index (κ1) is 47.7. The molecular formula is C27H29F17O9. The van der Waals surface area contributed by atoms with E-state index in [1.54, 1.807) is 0 Å². The van der Waals surface area contributed by atoms with Crippen LogP contribution in [0.1, 0.15) is 47.0 Å². The van der Waals surface area contributed by atoms with Gasteiger partial charge in [-0.05, 0) is 25.8 Å². The third kappa shape index (κ3) is 9.68. The van der Waals surface area contributed by atoms with Crippen LogP contribution >= 0.6 is 0 Å². The average molecular weight is 820 g/mol. The van der Waals surface area contributed by atoms with Gasteiger partial charge in [0, 0.05) is 33.8 Å². The molecular weight excluding hydrogens is 791 g/mol. The van der Waals surface area contributed by atoms with Crippen molar-refractivity contribution < 1.29 is 117 Å². The Morgan fingerprint density at radius 2 is 1.00 bits per heavy atom. The summed E-state index contributed by atoms with van der Waals surface area (Å²) in [6, 6.07) is 0. The second-order valence-electron chi connectivity index (χ2n) is 11.1. The van der Waals surface area contributed by atoms with Crippen molar-refractivity contribution in [1.29, 1.82) is 0 Å². The van der Waals surface area contributed by atoms with Crippen molar-refractivity contribution in [2.75, 3.05) is 13.2 Å². The maximum absolute atomic E-state index is 14.0. The molecule has 310 valence electrons. The fourth-order valence-corrected chi connectivity index (χ4v) is 4.28. The van der Waals surface area contributed by atoms with E-state index in [-0.39, 0.29) is 6.42 Å². The molecule has 0 spiro atoms. The van der Waals surface area contributed by atoms with Crippen molar-refractivity contribution in [2.24, 2.45) is 0 Å². The first-order valence-corrected chi connectivity index (χ1v) is 14.4. The van der Waals surface area contributed by atoms with Crippen LogP contribution in [0.15, 0.2) is 12.3 Å². The summed E-state index contributed by atoms with van der Waals surface area (Å²) >= 11 is 0. The van der Waals surface area contributed by atoms with E-state index in [0.717, 1.165) is 33.1 Å². The Bertz CT molecular complexity index is 1300. The molecule has 0 radical (unpaired) electrons. The van der Waals surface area contributed by atoms with E-state index in [1.807, 2.05) is 0 Å². The molecule has 1 fully saturated rings. The van der Waals surface area contributed by atoms with Gasteiger partial charge in [-0.15, -0.1) is 0 Å². The second kappa shape index (κ2) is 16.6. The van der Waals surface area contributed by atoms with Crippen molar-refractivity contribution >= 4 is 17.9 Å². The molecule has 0 N–H and O–H groups in total. The van der Waals surface area contributed by atoms with Gasteiger partial charge in [0.2, 0.25) is 12.4 Å². The largest absolute Gasteiger partial charge is 0.469 e. The summed E-state index contributed by atoms with van der Waals surface area (Å²) in [6.45, 7) is 2.69. The van der Waals surface area contributed by atoms with E-state index in [9.17, 15) is 89.0 Å². The van der Waals surface area contributed by atoms with E-state index in [1.165, 1.54) is 6.92 Å². The second-order valence-corrected chi connectivity index (χ2v) is 11.1. The van der Waals surface area contributed by atoms with E-state index >= 15 is 0 Å². The summed E-state index contributed by atoms with van der Waals surface area (Å²) in [7, 11) is 0. The van der Waals surface area contributed by atoms with Gasteiger partial charge >= 0.3 is 65.5 Å². The highest BCUT2D eigenvalue weighted by Crippen LogP contribution is 2.64. The summed E-state index contributed by atoms with van der Waals surface area (Å²) in [4.78, 5) is 34.8. The Morgan fingerprint density at radius 1 is 0.585 bits per heavy atom. The number of hydrogen-bond acceptors (Lipinski definition) is 9. The van der Waals surface area contributed by atoms with Crippen molar-refractivity contribution in [1.82, 2.24) is 0 Å². The predicted octanol–water partition coefficient (Wildman–Crippen LogP) is 7.25. The average Bonchev–Trinajstić information content (AvgIpc) is 2.97. The van der Waals surface area contributed by atoms with Gasteiger partial charge in [-0.2, -0.15) is 74.6 Å². The fourth-order valence-electron chi connectivity index (χ4n) is 4.28. The molecule has 1 aliphatic heterocycles. The molecule has 53 heavy (non-hydrogen) atoms. The van der Waals surface area contributed by atoms with Gasteiger partial charge in [-0.1, -0.05) is 0 Å².